The Hall–Kier alpha value is -2.15. The van der Waals surface area contributed by atoms with Gasteiger partial charge in [0.1, 0.15) is 5.82 Å². The Morgan fingerprint density at radius 3 is 2.53 bits per heavy atom. The van der Waals surface area contributed by atoms with Gasteiger partial charge in [0, 0.05) is 17.3 Å². The number of nitrogen functional groups attached to an aromatic ring is 1. The van der Waals surface area contributed by atoms with Gasteiger partial charge in [0.05, 0.1) is 5.56 Å². The van der Waals surface area contributed by atoms with E-state index in [0.717, 1.165) is 12.1 Å². The zero-order chi connectivity index (χ0) is 14.0. The highest BCUT2D eigenvalue weighted by molar-refractivity contribution is 5.58. The molecule has 1 aromatic carbocycles. The third-order valence-electron chi connectivity index (χ3n) is 2.45. The van der Waals surface area contributed by atoms with Gasteiger partial charge in [-0.15, -0.1) is 0 Å². The summed E-state index contributed by atoms with van der Waals surface area (Å²) in [5, 5.41) is 0. The number of halogens is 3. The zero-order valence-electron chi connectivity index (χ0n) is 9.99. The lowest BCUT2D eigenvalue weighted by atomic mass is 10.1. The van der Waals surface area contributed by atoms with Gasteiger partial charge in [-0.3, -0.25) is 0 Å². The Morgan fingerprint density at radius 2 is 1.89 bits per heavy atom. The topological polar surface area (TPSA) is 63.8 Å². The number of hydrazine groups is 1. The number of anilines is 1. The van der Waals surface area contributed by atoms with Crippen molar-refractivity contribution in [2.75, 3.05) is 5.43 Å². The summed E-state index contributed by atoms with van der Waals surface area (Å²) in [5.41, 5.74) is 2.50. The molecule has 0 unspecified atom stereocenters. The normalized spacial score (nSPS) is 11.4. The molecule has 100 valence electrons. The van der Waals surface area contributed by atoms with E-state index in [-0.39, 0.29) is 11.4 Å². The SMILES string of the molecule is Cc1cc(NN)nc(-c2cccc(C(F)(F)F)c2)n1. The minimum absolute atomic E-state index is 0.194. The Bertz CT molecular complexity index is 596. The summed E-state index contributed by atoms with van der Waals surface area (Å²) in [6, 6.07) is 6.44. The summed E-state index contributed by atoms with van der Waals surface area (Å²) in [4.78, 5) is 8.13. The minimum Gasteiger partial charge on any atom is -0.308 e. The molecule has 0 spiro atoms. The van der Waals surface area contributed by atoms with Crippen molar-refractivity contribution < 1.29 is 13.2 Å². The van der Waals surface area contributed by atoms with E-state index < -0.39 is 11.7 Å². The smallest absolute Gasteiger partial charge is 0.308 e. The first-order valence-corrected chi connectivity index (χ1v) is 5.40. The number of nitrogens with one attached hydrogen (secondary N) is 1. The van der Waals surface area contributed by atoms with Crippen LogP contribution in [0.5, 0.6) is 0 Å². The molecule has 0 aliphatic rings. The molecule has 0 aliphatic carbocycles. The standard InChI is InChI=1S/C12H11F3N4/c1-7-5-10(19-16)18-11(17-7)8-3-2-4-9(6-8)12(13,14)15/h2-6H,16H2,1H3,(H,17,18,19). The number of nitrogens with zero attached hydrogens (tertiary/aromatic N) is 2. The molecule has 4 nitrogen and oxygen atoms in total. The molecule has 19 heavy (non-hydrogen) atoms. The van der Waals surface area contributed by atoms with E-state index >= 15 is 0 Å². The summed E-state index contributed by atoms with van der Waals surface area (Å²) in [5.74, 6) is 5.79. The highest BCUT2D eigenvalue weighted by Crippen LogP contribution is 2.31. The van der Waals surface area contributed by atoms with Crippen LogP contribution in [0.3, 0.4) is 0 Å². The summed E-state index contributed by atoms with van der Waals surface area (Å²) < 4.78 is 37.9. The average Bonchev–Trinajstić information content (AvgIpc) is 2.37. The number of hydrogen-bond acceptors (Lipinski definition) is 4. The third kappa shape index (κ3) is 3.00. The molecule has 1 heterocycles. The van der Waals surface area contributed by atoms with Crippen LogP contribution in [0.1, 0.15) is 11.3 Å². The lowest BCUT2D eigenvalue weighted by Crippen LogP contribution is -2.10. The molecule has 7 heteroatoms. The molecular weight excluding hydrogens is 257 g/mol. The monoisotopic (exact) mass is 268 g/mol. The summed E-state index contributed by atoms with van der Waals surface area (Å²) in [6.07, 6.45) is -4.39. The fourth-order valence-electron chi connectivity index (χ4n) is 1.61. The van der Waals surface area contributed by atoms with Crippen molar-refractivity contribution in [2.45, 2.75) is 13.1 Å². The minimum atomic E-state index is -4.39. The van der Waals surface area contributed by atoms with Gasteiger partial charge >= 0.3 is 6.18 Å². The van der Waals surface area contributed by atoms with Gasteiger partial charge in [0.2, 0.25) is 0 Å². The number of nitrogens with two attached hydrogens (primary N) is 1. The van der Waals surface area contributed by atoms with Crippen LogP contribution < -0.4 is 11.3 Å². The van der Waals surface area contributed by atoms with Crippen LogP contribution in [0, 0.1) is 6.92 Å². The van der Waals surface area contributed by atoms with Gasteiger partial charge in [0.15, 0.2) is 5.82 Å². The van der Waals surface area contributed by atoms with Gasteiger partial charge in [-0.25, -0.2) is 15.8 Å². The Balaban J connectivity index is 2.50. The molecule has 2 aromatic rings. The molecule has 0 bridgehead atoms. The number of alkyl halides is 3. The van der Waals surface area contributed by atoms with Gasteiger partial charge in [-0.2, -0.15) is 13.2 Å². The first-order chi connectivity index (χ1) is 8.90. The summed E-state index contributed by atoms with van der Waals surface area (Å²) >= 11 is 0. The lowest BCUT2D eigenvalue weighted by Gasteiger charge is -2.09. The fourth-order valence-corrected chi connectivity index (χ4v) is 1.61. The largest absolute Gasteiger partial charge is 0.416 e. The van der Waals surface area contributed by atoms with E-state index in [1.807, 2.05) is 0 Å². The molecule has 0 amide bonds. The second kappa shape index (κ2) is 4.85. The van der Waals surface area contributed by atoms with Crippen molar-refractivity contribution in [1.82, 2.24) is 9.97 Å². The molecule has 3 N–H and O–H groups in total. The molecule has 0 saturated heterocycles. The number of aromatic nitrogens is 2. The summed E-state index contributed by atoms with van der Waals surface area (Å²) in [6.45, 7) is 1.71. The molecule has 2 rings (SSSR count). The molecule has 0 radical (unpaired) electrons. The molecule has 0 saturated carbocycles. The van der Waals surface area contributed by atoms with E-state index in [0.29, 0.717) is 11.5 Å². The van der Waals surface area contributed by atoms with Gasteiger partial charge < -0.3 is 5.43 Å². The van der Waals surface area contributed by atoms with E-state index in [1.165, 1.54) is 12.1 Å². The molecule has 0 atom stereocenters. The lowest BCUT2D eigenvalue weighted by molar-refractivity contribution is -0.137. The number of hydrogen-bond donors (Lipinski definition) is 2. The first kappa shape index (κ1) is 13.3. The molecular formula is C12H11F3N4. The van der Waals surface area contributed by atoms with Crippen molar-refractivity contribution in [3.63, 3.8) is 0 Å². The highest BCUT2D eigenvalue weighted by atomic mass is 19.4. The fraction of sp³-hybridized carbons (Fsp3) is 0.167. The number of rotatable bonds is 2. The van der Waals surface area contributed by atoms with E-state index in [2.05, 4.69) is 15.4 Å². The molecule has 0 fully saturated rings. The maximum atomic E-state index is 12.6. The van der Waals surface area contributed by atoms with E-state index in [1.54, 1.807) is 13.0 Å². The van der Waals surface area contributed by atoms with Crippen molar-refractivity contribution >= 4 is 5.82 Å². The van der Waals surface area contributed by atoms with Gasteiger partial charge in [0.25, 0.3) is 0 Å². The first-order valence-electron chi connectivity index (χ1n) is 5.40. The van der Waals surface area contributed by atoms with Gasteiger partial charge in [-0.1, -0.05) is 12.1 Å². The van der Waals surface area contributed by atoms with Crippen LogP contribution in [0.2, 0.25) is 0 Å². The third-order valence-corrected chi connectivity index (χ3v) is 2.45. The Kier molecular flexibility index (Phi) is 3.39. The predicted octanol–water partition coefficient (Wildman–Crippen LogP) is 2.76. The maximum absolute atomic E-state index is 12.6. The Morgan fingerprint density at radius 1 is 1.16 bits per heavy atom. The van der Waals surface area contributed by atoms with Crippen LogP contribution in [-0.2, 0) is 6.18 Å². The van der Waals surface area contributed by atoms with Crippen LogP contribution in [-0.4, -0.2) is 9.97 Å². The molecule has 1 aromatic heterocycles. The number of benzene rings is 1. The maximum Gasteiger partial charge on any atom is 0.416 e. The number of aryl methyl sites for hydroxylation is 1. The van der Waals surface area contributed by atoms with Crippen LogP contribution in [0.25, 0.3) is 11.4 Å². The second-order valence-corrected chi connectivity index (χ2v) is 3.94. The van der Waals surface area contributed by atoms with E-state index in [9.17, 15) is 13.2 Å². The van der Waals surface area contributed by atoms with Crippen molar-refractivity contribution in [3.05, 3.63) is 41.6 Å². The average molecular weight is 268 g/mol. The summed E-state index contributed by atoms with van der Waals surface area (Å²) in [7, 11) is 0. The van der Waals surface area contributed by atoms with E-state index in [4.69, 9.17) is 5.84 Å². The van der Waals surface area contributed by atoms with Crippen molar-refractivity contribution in [3.8, 4) is 11.4 Å². The van der Waals surface area contributed by atoms with Crippen LogP contribution >= 0.6 is 0 Å². The second-order valence-electron chi connectivity index (χ2n) is 3.94. The van der Waals surface area contributed by atoms with Gasteiger partial charge in [-0.05, 0) is 19.1 Å². The van der Waals surface area contributed by atoms with Crippen LogP contribution in [0.15, 0.2) is 30.3 Å². The van der Waals surface area contributed by atoms with Crippen LogP contribution in [0.4, 0.5) is 19.0 Å². The zero-order valence-corrected chi connectivity index (χ0v) is 9.99. The van der Waals surface area contributed by atoms with Crippen molar-refractivity contribution in [2.24, 2.45) is 5.84 Å². The quantitative estimate of drug-likeness (QED) is 0.649. The van der Waals surface area contributed by atoms with Crippen molar-refractivity contribution in [1.29, 1.82) is 0 Å². The Labute approximate surface area is 107 Å². The predicted molar refractivity (Wildman–Crippen MR) is 65.0 cm³/mol. The highest BCUT2D eigenvalue weighted by Gasteiger charge is 2.30. The molecule has 0 aliphatic heterocycles.